The summed E-state index contributed by atoms with van der Waals surface area (Å²) in [4.78, 5) is 36.5. The highest BCUT2D eigenvalue weighted by molar-refractivity contribution is 6.30. The number of nitriles is 1. The molecule has 1 heterocycles. The maximum atomic E-state index is 12.5. The van der Waals surface area contributed by atoms with E-state index in [1.807, 2.05) is 37.3 Å². The largest absolute Gasteiger partial charge is 0.454 e. The van der Waals surface area contributed by atoms with Crippen LogP contribution in [0, 0.1) is 25.2 Å². The first kappa shape index (κ1) is 23.6. The maximum absolute atomic E-state index is 12.5. The number of ether oxygens (including phenoxy) is 1. The van der Waals surface area contributed by atoms with E-state index in [9.17, 15) is 19.6 Å². The van der Waals surface area contributed by atoms with E-state index in [2.05, 4.69) is 16.7 Å². The Hall–Kier alpha value is -4.09. The molecular weight excluding hydrogens is 444 g/mol. The molecule has 1 aromatic heterocycles. The fourth-order valence-corrected chi connectivity index (χ4v) is 3.31. The molecule has 0 aliphatic heterocycles. The van der Waals surface area contributed by atoms with E-state index in [-0.39, 0.29) is 0 Å². The van der Waals surface area contributed by atoms with Gasteiger partial charge < -0.3 is 15.4 Å². The lowest BCUT2D eigenvalue weighted by Gasteiger charge is -2.13. The normalized spacial score (nSPS) is 10.2. The van der Waals surface area contributed by atoms with Crippen LogP contribution in [0.3, 0.4) is 0 Å². The smallest absolute Gasteiger partial charge is 0.325 e. The lowest BCUT2D eigenvalue weighted by Crippen LogP contribution is -2.32. The standard InChI is InChI=1S/C24H21ClN4O4/c1-15-16(2)29(19-6-4-3-5-7-19)23(20(15)12-26)28-21(30)14-33-22(31)13-27-24(32)17-8-10-18(25)11-9-17/h3-11H,13-14H2,1-2H3,(H,27,32)(H,28,30). The molecule has 8 nitrogen and oxygen atoms in total. The van der Waals surface area contributed by atoms with Crippen LogP contribution in [0.15, 0.2) is 54.6 Å². The zero-order valence-corrected chi connectivity index (χ0v) is 18.8. The number of esters is 1. The Bertz CT molecular complexity index is 1230. The first-order valence-electron chi connectivity index (χ1n) is 9.98. The molecule has 0 saturated heterocycles. The summed E-state index contributed by atoms with van der Waals surface area (Å²) in [5.41, 5.74) is 2.97. The van der Waals surface area contributed by atoms with Crippen LogP contribution in [0.1, 0.15) is 27.2 Å². The molecule has 0 radical (unpaired) electrons. The highest BCUT2D eigenvalue weighted by Gasteiger charge is 2.21. The molecule has 2 N–H and O–H groups in total. The number of hydrogen-bond acceptors (Lipinski definition) is 5. The minimum Gasteiger partial charge on any atom is -0.454 e. The van der Waals surface area contributed by atoms with Crippen molar-refractivity contribution < 1.29 is 19.1 Å². The Morgan fingerprint density at radius 1 is 1.06 bits per heavy atom. The molecule has 2 amide bonds. The zero-order chi connectivity index (χ0) is 24.0. The van der Waals surface area contributed by atoms with Gasteiger partial charge in [0, 0.05) is 22.0 Å². The Labute approximate surface area is 195 Å². The second kappa shape index (κ2) is 10.5. The van der Waals surface area contributed by atoms with Crippen LogP contribution in [-0.2, 0) is 14.3 Å². The molecule has 0 fully saturated rings. The molecule has 3 aromatic rings. The first-order valence-corrected chi connectivity index (χ1v) is 10.4. The summed E-state index contributed by atoms with van der Waals surface area (Å²) < 4.78 is 6.72. The molecule has 0 aliphatic rings. The van der Waals surface area contributed by atoms with Gasteiger partial charge in [-0.25, -0.2) is 0 Å². The first-order chi connectivity index (χ1) is 15.8. The summed E-state index contributed by atoms with van der Waals surface area (Å²) in [5, 5.41) is 15.2. The van der Waals surface area contributed by atoms with E-state index in [1.54, 1.807) is 23.6 Å². The van der Waals surface area contributed by atoms with E-state index in [0.717, 1.165) is 16.9 Å². The van der Waals surface area contributed by atoms with Gasteiger partial charge in [-0.3, -0.25) is 19.0 Å². The molecule has 9 heteroatoms. The highest BCUT2D eigenvalue weighted by Crippen LogP contribution is 2.29. The summed E-state index contributed by atoms with van der Waals surface area (Å²) in [6.45, 7) is 2.67. The van der Waals surface area contributed by atoms with Crippen molar-refractivity contribution in [3.63, 3.8) is 0 Å². The number of anilines is 1. The number of para-hydroxylation sites is 1. The Balaban J connectivity index is 1.61. The van der Waals surface area contributed by atoms with Crippen LogP contribution in [0.4, 0.5) is 5.82 Å². The zero-order valence-electron chi connectivity index (χ0n) is 18.0. The number of hydrogen-bond donors (Lipinski definition) is 2. The Morgan fingerprint density at radius 2 is 1.73 bits per heavy atom. The van der Waals surface area contributed by atoms with Crippen molar-refractivity contribution in [1.82, 2.24) is 9.88 Å². The van der Waals surface area contributed by atoms with Crippen molar-refractivity contribution in [3.05, 3.63) is 82.0 Å². The van der Waals surface area contributed by atoms with Crippen molar-refractivity contribution in [1.29, 1.82) is 5.26 Å². The fraction of sp³-hybridized carbons (Fsp3) is 0.167. The van der Waals surface area contributed by atoms with Gasteiger partial charge in [0.25, 0.3) is 11.8 Å². The number of amides is 2. The number of carbonyl (C=O) groups excluding carboxylic acids is 3. The van der Waals surface area contributed by atoms with Gasteiger partial charge in [-0.1, -0.05) is 29.8 Å². The Morgan fingerprint density at radius 3 is 2.36 bits per heavy atom. The summed E-state index contributed by atoms with van der Waals surface area (Å²) in [7, 11) is 0. The van der Waals surface area contributed by atoms with Gasteiger partial charge in [0.15, 0.2) is 6.61 Å². The van der Waals surface area contributed by atoms with Crippen molar-refractivity contribution in [2.75, 3.05) is 18.5 Å². The number of halogens is 1. The number of carbonyl (C=O) groups is 3. The molecule has 0 saturated carbocycles. The van der Waals surface area contributed by atoms with Crippen LogP contribution in [0.25, 0.3) is 5.69 Å². The Kier molecular flexibility index (Phi) is 7.49. The van der Waals surface area contributed by atoms with Crippen molar-refractivity contribution >= 4 is 35.2 Å². The fourth-order valence-electron chi connectivity index (χ4n) is 3.18. The van der Waals surface area contributed by atoms with E-state index >= 15 is 0 Å². The van der Waals surface area contributed by atoms with Crippen LogP contribution in [0.2, 0.25) is 5.02 Å². The lowest BCUT2D eigenvalue weighted by molar-refractivity contribution is -0.146. The monoisotopic (exact) mass is 464 g/mol. The molecule has 2 aromatic carbocycles. The summed E-state index contributed by atoms with van der Waals surface area (Å²) >= 11 is 5.78. The number of nitrogens with one attached hydrogen (secondary N) is 2. The summed E-state index contributed by atoms with van der Waals surface area (Å²) in [6.07, 6.45) is 0. The molecular formula is C24H21ClN4O4. The van der Waals surface area contributed by atoms with E-state index < -0.39 is 30.9 Å². The molecule has 3 rings (SSSR count). The molecule has 168 valence electrons. The number of nitrogens with zero attached hydrogens (tertiary/aromatic N) is 2. The third-order valence-corrected chi connectivity index (χ3v) is 5.21. The van der Waals surface area contributed by atoms with Crippen LogP contribution in [-0.4, -0.2) is 35.5 Å². The van der Waals surface area contributed by atoms with Gasteiger partial charge in [-0.05, 0) is 55.8 Å². The second-order valence-electron chi connectivity index (χ2n) is 7.12. The third kappa shape index (κ3) is 5.59. The van der Waals surface area contributed by atoms with E-state index in [1.165, 1.54) is 12.1 Å². The van der Waals surface area contributed by atoms with Gasteiger partial charge in [-0.15, -0.1) is 0 Å². The molecule has 0 atom stereocenters. The summed E-state index contributed by atoms with van der Waals surface area (Å²) in [5.74, 6) is -1.56. The predicted octanol–water partition coefficient (Wildman–Crippen LogP) is 3.53. The van der Waals surface area contributed by atoms with Crippen LogP contribution >= 0.6 is 11.6 Å². The minimum atomic E-state index is -0.779. The number of aromatic nitrogens is 1. The van der Waals surface area contributed by atoms with E-state index in [0.29, 0.717) is 22.0 Å². The van der Waals surface area contributed by atoms with Crippen molar-refractivity contribution in [2.45, 2.75) is 13.8 Å². The predicted molar refractivity (Wildman–Crippen MR) is 123 cm³/mol. The molecule has 0 bridgehead atoms. The van der Waals surface area contributed by atoms with Gasteiger partial charge in [-0.2, -0.15) is 5.26 Å². The maximum Gasteiger partial charge on any atom is 0.325 e. The minimum absolute atomic E-state index is 0.302. The molecule has 0 aliphatic carbocycles. The second-order valence-corrected chi connectivity index (χ2v) is 7.55. The van der Waals surface area contributed by atoms with Crippen LogP contribution < -0.4 is 10.6 Å². The molecule has 33 heavy (non-hydrogen) atoms. The number of benzene rings is 2. The SMILES string of the molecule is Cc1c(C#N)c(NC(=O)COC(=O)CNC(=O)c2ccc(Cl)cc2)n(-c2ccccc2)c1C. The highest BCUT2D eigenvalue weighted by atomic mass is 35.5. The average Bonchev–Trinajstić information content (AvgIpc) is 3.05. The van der Waals surface area contributed by atoms with Gasteiger partial charge in [0.05, 0.1) is 5.56 Å². The van der Waals surface area contributed by atoms with Crippen LogP contribution in [0.5, 0.6) is 0 Å². The van der Waals surface area contributed by atoms with Crippen molar-refractivity contribution in [3.8, 4) is 11.8 Å². The topological polar surface area (TPSA) is 113 Å². The average molecular weight is 465 g/mol. The van der Waals surface area contributed by atoms with E-state index in [4.69, 9.17) is 16.3 Å². The summed E-state index contributed by atoms with van der Waals surface area (Å²) in [6, 6.07) is 17.6. The molecule has 0 unspecified atom stereocenters. The lowest BCUT2D eigenvalue weighted by atomic mass is 10.2. The third-order valence-electron chi connectivity index (χ3n) is 4.96. The quantitative estimate of drug-likeness (QED) is 0.519. The number of rotatable bonds is 7. The van der Waals surface area contributed by atoms with Gasteiger partial charge >= 0.3 is 5.97 Å². The molecule has 0 spiro atoms. The van der Waals surface area contributed by atoms with Gasteiger partial charge in [0.1, 0.15) is 18.4 Å². The van der Waals surface area contributed by atoms with Crippen molar-refractivity contribution in [2.24, 2.45) is 0 Å². The van der Waals surface area contributed by atoms with Gasteiger partial charge in [0.2, 0.25) is 0 Å².